The number of aromatic nitrogens is 1. The van der Waals surface area contributed by atoms with Gasteiger partial charge >= 0.3 is 0 Å². The van der Waals surface area contributed by atoms with Crippen LogP contribution in [0.15, 0.2) is 39.7 Å². The van der Waals surface area contributed by atoms with Gasteiger partial charge in [-0.25, -0.2) is 13.4 Å². The minimum absolute atomic E-state index is 0.0182. The first-order valence-corrected chi connectivity index (χ1v) is 8.34. The van der Waals surface area contributed by atoms with Crippen LogP contribution in [0.4, 0.5) is 5.82 Å². The van der Waals surface area contributed by atoms with E-state index >= 15 is 0 Å². The van der Waals surface area contributed by atoms with Crippen LogP contribution in [-0.2, 0) is 10.0 Å². The number of nitriles is 1. The summed E-state index contributed by atoms with van der Waals surface area (Å²) in [5.41, 5.74) is 0.942. The van der Waals surface area contributed by atoms with Crippen molar-refractivity contribution >= 4 is 43.4 Å². The first-order valence-electron chi connectivity index (χ1n) is 5.69. The Hall–Kier alpha value is -1.62. The van der Waals surface area contributed by atoms with Gasteiger partial charge in [0.2, 0.25) is 0 Å². The highest BCUT2D eigenvalue weighted by atomic mass is 79.9. The summed E-state index contributed by atoms with van der Waals surface area (Å²) in [6, 6.07) is 9.10. The molecule has 1 aromatic heterocycles. The van der Waals surface area contributed by atoms with Crippen molar-refractivity contribution in [2.45, 2.75) is 11.8 Å². The van der Waals surface area contributed by atoms with Gasteiger partial charge in [0.25, 0.3) is 10.0 Å². The lowest BCUT2D eigenvalue weighted by Crippen LogP contribution is -2.14. The van der Waals surface area contributed by atoms with Gasteiger partial charge in [-0.2, -0.15) is 5.26 Å². The summed E-state index contributed by atoms with van der Waals surface area (Å²) >= 11 is 9.21. The monoisotopic (exact) mass is 385 g/mol. The standard InChI is InChI=1S/C13H9BrClN3O2S/c1-8-10(14)3-5-13(17-8)18-21(19,20)12-4-2-9(7-16)6-11(12)15/h2-6H,1H3,(H,17,18). The van der Waals surface area contributed by atoms with E-state index in [1.807, 2.05) is 6.07 Å². The Morgan fingerprint density at radius 1 is 1.33 bits per heavy atom. The molecule has 2 rings (SSSR count). The van der Waals surface area contributed by atoms with Gasteiger partial charge in [-0.1, -0.05) is 11.6 Å². The second-order valence-electron chi connectivity index (χ2n) is 4.13. The highest BCUT2D eigenvalue weighted by molar-refractivity contribution is 9.10. The molecule has 1 N–H and O–H groups in total. The highest BCUT2D eigenvalue weighted by Crippen LogP contribution is 2.25. The fourth-order valence-corrected chi connectivity index (χ4v) is 3.35. The molecular formula is C13H9BrClN3O2S. The second kappa shape index (κ2) is 6.02. The van der Waals surface area contributed by atoms with Gasteiger partial charge < -0.3 is 0 Å². The minimum atomic E-state index is -3.87. The molecule has 108 valence electrons. The van der Waals surface area contributed by atoms with E-state index in [9.17, 15) is 8.42 Å². The fraction of sp³-hybridized carbons (Fsp3) is 0.0769. The molecule has 0 amide bonds. The van der Waals surface area contributed by atoms with Crippen LogP contribution in [0, 0.1) is 18.3 Å². The summed E-state index contributed by atoms with van der Waals surface area (Å²) in [4.78, 5) is 4.01. The van der Waals surface area contributed by atoms with Crippen LogP contribution in [0.25, 0.3) is 0 Å². The number of rotatable bonds is 3. The Bertz CT molecular complexity index is 847. The summed E-state index contributed by atoms with van der Waals surface area (Å²) < 4.78 is 27.7. The van der Waals surface area contributed by atoms with E-state index in [2.05, 4.69) is 25.6 Å². The van der Waals surface area contributed by atoms with Crippen molar-refractivity contribution in [3.05, 3.63) is 51.1 Å². The predicted octanol–water partition coefficient (Wildman–Crippen LogP) is 3.48. The molecule has 0 spiro atoms. The van der Waals surface area contributed by atoms with E-state index < -0.39 is 10.0 Å². The zero-order chi connectivity index (χ0) is 15.6. The zero-order valence-electron chi connectivity index (χ0n) is 10.8. The average Bonchev–Trinajstić information content (AvgIpc) is 2.42. The molecule has 0 fully saturated rings. The van der Waals surface area contributed by atoms with Crippen molar-refractivity contribution in [3.8, 4) is 6.07 Å². The van der Waals surface area contributed by atoms with Gasteiger partial charge in [0.1, 0.15) is 10.7 Å². The first-order chi connectivity index (χ1) is 9.83. The van der Waals surface area contributed by atoms with Crippen LogP contribution in [0.3, 0.4) is 0 Å². The number of nitrogens with zero attached hydrogens (tertiary/aromatic N) is 2. The Morgan fingerprint density at radius 2 is 2.05 bits per heavy atom. The number of hydrogen-bond acceptors (Lipinski definition) is 4. The van der Waals surface area contributed by atoms with Crippen molar-refractivity contribution < 1.29 is 8.42 Å². The number of halogens is 2. The second-order valence-corrected chi connectivity index (χ2v) is 7.04. The van der Waals surface area contributed by atoms with Gasteiger partial charge in [-0.05, 0) is 53.2 Å². The van der Waals surface area contributed by atoms with Gasteiger partial charge in [-0.3, -0.25) is 4.72 Å². The third kappa shape index (κ3) is 3.53. The highest BCUT2D eigenvalue weighted by Gasteiger charge is 2.19. The first kappa shape index (κ1) is 15.8. The van der Waals surface area contributed by atoms with E-state index in [1.54, 1.807) is 13.0 Å². The lowest BCUT2D eigenvalue weighted by Gasteiger charge is -2.10. The van der Waals surface area contributed by atoms with E-state index in [0.717, 1.165) is 4.47 Å². The summed E-state index contributed by atoms with van der Waals surface area (Å²) in [6.45, 7) is 1.75. The largest absolute Gasteiger partial charge is 0.264 e. The molecule has 0 saturated carbocycles. The summed E-state index contributed by atoms with van der Waals surface area (Å²) in [6.07, 6.45) is 0. The Morgan fingerprint density at radius 3 is 2.62 bits per heavy atom. The minimum Gasteiger partial charge on any atom is -0.263 e. The van der Waals surface area contributed by atoms with Crippen LogP contribution < -0.4 is 4.72 Å². The maximum Gasteiger partial charge on any atom is 0.264 e. The van der Waals surface area contributed by atoms with E-state index in [0.29, 0.717) is 5.69 Å². The molecule has 0 bridgehead atoms. The molecule has 0 unspecified atom stereocenters. The van der Waals surface area contributed by atoms with Crippen molar-refractivity contribution in [1.82, 2.24) is 4.98 Å². The van der Waals surface area contributed by atoms with Crippen LogP contribution in [0.5, 0.6) is 0 Å². The number of anilines is 1. The van der Waals surface area contributed by atoms with Gasteiger partial charge in [0.15, 0.2) is 0 Å². The third-order valence-corrected chi connectivity index (χ3v) is 5.29. The van der Waals surface area contributed by atoms with Crippen molar-refractivity contribution in [2.24, 2.45) is 0 Å². The van der Waals surface area contributed by atoms with E-state index in [4.69, 9.17) is 16.9 Å². The SMILES string of the molecule is Cc1nc(NS(=O)(=O)c2ccc(C#N)cc2Cl)ccc1Br. The van der Waals surface area contributed by atoms with Gasteiger partial charge in [0.05, 0.1) is 22.3 Å². The molecule has 0 aliphatic heterocycles. The van der Waals surface area contributed by atoms with Crippen molar-refractivity contribution in [3.63, 3.8) is 0 Å². The molecule has 0 saturated heterocycles. The Labute approximate surface area is 135 Å². The maximum atomic E-state index is 12.3. The lowest BCUT2D eigenvalue weighted by atomic mass is 10.2. The van der Waals surface area contributed by atoms with Crippen molar-refractivity contribution in [2.75, 3.05) is 4.72 Å². The lowest BCUT2D eigenvalue weighted by molar-refractivity contribution is 0.601. The fourth-order valence-electron chi connectivity index (χ4n) is 1.58. The zero-order valence-corrected chi connectivity index (χ0v) is 13.9. The number of benzene rings is 1. The molecule has 0 radical (unpaired) electrons. The Balaban J connectivity index is 2.38. The maximum absolute atomic E-state index is 12.3. The van der Waals surface area contributed by atoms with Crippen LogP contribution >= 0.6 is 27.5 Å². The number of aryl methyl sites for hydroxylation is 1. The van der Waals surface area contributed by atoms with Crippen LogP contribution in [0.2, 0.25) is 5.02 Å². The molecule has 5 nitrogen and oxygen atoms in total. The van der Waals surface area contributed by atoms with Crippen LogP contribution in [0.1, 0.15) is 11.3 Å². The van der Waals surface area contributed by atoms with Crippen LogP contribution in [-0.4, -0.2) is 13.4 Å². The molecule has 1 heterocycles. The smallest absolute Gasteiger partial charge is 0.263 e. The number of pyridine rings is 1. The van der Waals surface area contributed by atoms with Crippen molar-refractivity contribution in [1.29, 1.82) is 5.26 Å². The quantitative estimate of drug-likeness (QED) is 0.875. The molecule has 8 heteroatoms. The Kier molecular flexibility index (Phi) is 4.52. The number of hydrogen-bond donors (Lipinski definition) is 1. The molecule has 21 heavy (non-hydrogen) atoms. The van der Waals surface area contributed by atoms with Gasteiger partial charge in [-0.15, -0.1) is 0 Å². The van der Waals surface area contributed by atoms with Gasteiger partial charge in [0, 0.05) is 4.47 Å². The average molecular weight is 387 g/mol. The number of nitrogens with one attached hydrogen (secondary N) is 1. The molecule has 0 aliphatic rings. The predicted molar refractivity (Wildman–Crippen MR) is 83.6 cm³/mol. The normalized spacial score (nSPS) is 11.0. The topological polar surface area (TPSA) is 82.8 Å². The van der Waals surface area contributed by atoms with E-state index in [-0.39, 0.29) is 21.3 Å². The van der Waals surface area contributed by atoms with E-state index in [1.165, 1.54) is 24.3 Å². The molecule has 2 aromatic rings. The molecule has 0 aliphatic carbocycles. The molecule has 1 aromatic carbocycles. The summed E-state index contributed by atoms with van der Waals surface area (Å²) in [5.74, 6) is 0.191. The molecular weight excluding hydrogens is 378 g/mol. The molecule has 0 atom stereocenters. The number of sulfonamides is 1. The third-order valence-electron chi connectivity index (χ3n) is 2.61. The summed E-state index contributed by atoms with van der Waals surface area (Å²) in [7, 11) is -3.87. The summed E-state index contributed by atoms with van der Waals surface area (Å²) in [5, 5.41) is 8.74.